The number of fused-ring (bicyclic) bond motifs is 1. The Morgan fingerprint density at radius 2 is 1.91 bits per heavy atom. The summed E-state index contributed by atoms with van der Waals surface area (Å²) in [7, 11) is 0. The third kappa shape index (κ3) is 5.64. The summed E-state index contributed by atoms with van der Waals surface area (Å²) in [6, 6.07) is 10.7. The van der Waals surface area contributed by atoms with Gasteiger partial charge in [0.1, 0.15) is 0 Å². The molecular formula is C18H27IN4. The van der Waals surface area contributed by atoms with Crippen LogP contribution in [0.15, 0.2) is 41.5 Å². The van der Waals surface area contributed by atoms with Crippen LogP contribution in [0.4, 0.5) is 0 Å². The fraction of sp³-hybridized carbons (Fsp3) is 0.444. The molecule has 1 heterocycles. The zero-order chi connectivity index (χ0) is 15.9. The molecule has 0 radical (unpaired) electrons. The van der Waals surface area contributed by atoms with E-state index in [1.165, 1.54) is 10.8 Å². The molecular weight excluding hydrogens is 399 g/mol. The number of halogens is 1. The van der Waals surface area contributed by atoms with Crippen LogP contribution in [-0.2, 0) is 6.54 Å². The molecule has 4 nitrogen and oxygen atoms in total. The fourth-order valence-electron chi connectivity index (χ4n) is 2.16. The third-order valence-electron chi connectivity index (χ3n) is 3.85. The highest BCUT2D eigenvalue weighted by Gasteiger charge is 2.09. The molecule has 0 aliphatic carbocycles. The van der Waals surface area contributed by atoms with Gasteiger partial charge in [-0.1, -0.05) is 38.1 Å². The first-order valence-electron chi connectivity index (χ1n) is 7.99. The van der Waals surface area contributed by atoms with Crippen LogP contribution in [0.25, 0.3) is 10.8 Å². The Labute approximate surface area is 156 Å². The van der Waals surface area contributed by atoms with E-state index < -0.39 is 0 Å². The minimum absolute atomic E-state index is 0. The minimum Gasteiger partial charge on any atom is -0.357 e. The van der Waals surface area contributed by atoms with Crippen molar-refractivity contribution in [3.63, 3.8) is 0 Å². The molecule has 1 atom stereocenters. The lowest BCUT2D eigenvalue weighted by molar-refractivity contribution is 0.481. The van der Waals surface area contributed by atoms with E-state index in [4.69, 9.17) is 0 Å². The number of guanidine groups is 1. The number of hydrogen-bond acceptors (Lipinski definition) is 2. The van der Waals surface area contributed by atoms with Crippen LogP contribution >= 0.6 is 24.0 Å². The summed E-state index contributed by atoms with van der Waals surface area (Å²) in [5.74, 6) is 1.40. The molecule has 0 bridgehead atoms. The van der Waals surface area contributed by atoms with Crippen molar-refractivity contribution in [3.8, 4) is 0 Å². The maximum absolute atomic E-state index is 4.69. The molecule has 126 valence electrons. The van der Waals surface area contributed by atoms with Crippen LogP contribution in [0.2, 0.25) is 0 Å². The molecule has 0 aliphatic heterocycles. The lowest BCUT2D eigenvalue weighted by Crippen LogP contribution is -2.44. The Morgan fingerprint density at radius 1 is 1.17 bits per heavy atom. The van der Waals surface area contributed by atoms with Crippen LogP contribution < -0.4 is 10.6 Å². The molecule has 0 amide bonds. The van der Waals surface area contributed by atoms with Crippen LogP contribution in [0.1, 0.15) is 33.4 Å². The molecule has 2 rings (SSSR count). The summed E-state index contributed by atoms with van der Waals surface area (Å²) in [5.41, 5.74) is 1.01. The summed E-state index contributed by atoms with van der Waals surface area (Å²) in [6.07, 6.45) is 1.85. The smallest absolute Gasteiger partial charge is 0.191 e. The average Bonchev–Trinajstić information content (AvgIpc) is 2.52. The molecule has 1 aromatic carbocycles. The molecule has 0 aliphatic rings. The van der Waals surface area contributed by atoms with Gasteiger partial charge in [0.2, 0.25) is 0 Å². The van der Waals surface area contributed by atoms with Gasteiger partial charge in [-0.25, -0.2) is 4.99 Å². The first-order chi connectivity index (χ1) is 10.6. The first-order valence-corrected chi connectivity index (χ1v) is 7.99. The quantitative estimate of drug-likeness (QED) is 0.433. The topological polar surface area (TPSA) is 49.3 Å². The second-order valence-corrected chi connectivity index (χ2v) is 5.85. The highest BCUT2D eigenvalue weighted by molar-refractivity contribution is 14.0. The van der Waals surface area contributed by atoms with Crippen LogP contribution in [0.5, 0.6) is 0 Å². The van der Waals surface area contributed by atoms with Crippen LogP contribution in [-0.4, -0.2) is 23.5 Å². The number of nitrogens with zero attached hydrogens (tertiary/aromatic N) is 2. The predicted molar refractivity (Wildman–Crippen MR) is 109 cm³/mol. The van der Waals surface area contributed by atoms with Gasteiger partial charge in [-0.2, -0.15) is 0 Å². The van der Waals surface area contributed by atoms with Crippen LogP contribution in [0, 0.1) is 5.92 Å². The van der Waals surface area contributed by atoms with Gasteiger partial charge in [-0.15, -0.1) is 24.0 Å². The monoisotopic (exact) mass is 426 g/mol. The van der Waals surface area contributed by atoms with E-state index in [0.29, 0.717) is 18.5 Å². The van der Waals surface area contributed by atoms with Crippen molar-refractivity contribution in [2.45, 2.75) is 40.3 Å². The number of hydrogen-bond donors (Lipinski definition) is 2. The van der Waals surface area contributed by atoms with E-state index in [9.17, 15) is 0 Å². The van der Waals surface area contributed by atoms with Gasteiger partial charge in [0.25, 0.3) is 0 Å². The Kier molecular flexibility index (Phi) is 8.30. The van der Waals surface area contributed by atoms with E-state index in [2.05, 4.69) is 60.4 Å². The van der Waals surface area contributed by atoms with Crippen molar-refractivity contribution in [3.05, 3.63) is 42.2 Å². The van der Waals surface area contributed by atoms with Crippen molar-refractivity contribution in [1.29, 1.82) is 0 Å². The standard InChI is InChI=1S/C18H26N4.HI/c1-5-19-18(22-14(4)13(2)3)21-12-17-16-9-7-6-8-15(16)10-11-20-17;/h6-11,13-14H,5,12H2,1-4H3,(H2,19,21,22);1H. The van der Waals surface area contributed by atoms with Gasteiger partial charge < -0.3 is 10.6 Å². The SMILES string of the molecule is CCNC(=NCc1nccc2ccccc12)NC(C)C(C)C.I. The largest absolute Gasteiger partial charge is 0.357 e. The molecule has 1 aromatic heterocycles. The maximum atomic E-state index is 4.69. The Morgan fingerprint density at radius 3 is 2.61 bits per heavy atom. The van der Waals surface area contributed by atoms with E-state index in [1.807, 2.05) is 24.4 Å². The summed E-state index contributed by atoms with van der Waals surface area (Å²) >= 11 is 0. The van der Waals surface area contributed by atoms with Crippen molar-refractivity contribution in [2.24, 2.45) is 10.9 Å². The van der Waals surface area contributed by atoms with E-state index in [1.54, 1.807) is 0 Å². The Bertz CT molecular complexity index is 634. The third-order valence-corrected chi connectivity index (χ3v) is 3.85. The zero-order valence-corrected chi connectivity index (χ0v) is 16.7. The van der Waals surface area contributed by atoms with Crippen molar-refractivity contribution in [1.82, 2.24) is 15.6 Å². The van der Waals surface area contributed by atoms with Gasteiger partial charge >= 0.3 is 0 Å². The lowest BCUT2D eigenvalue weighted by Gasteiger charge is -2.20. The Balaban J connectivity index is 0.00000264. The number of rotatable bonds is 5. The normalized spacial score (nSPS) is 12.8. The second-order valence-electron chi connectivity index (χ2n) is 5.85. The van der Waals surface area contributed by atoms with E-state index >= 15 is 0 Å². The molecule has 0 saturated heterocycles. The summed E-state index contributed by atoms with van der Waals surface area (Å²) < 4.78 is 0. The summed E-state index contributed by atoms with van der Waals surface area (Å²) in [6.45, 7) is 10.1. The minimum atomic E-state index is 0. The highest BCUT2D eigenvalue weighted by atomic mass is 127. The number of aliphatic imine (C=N–C) groups is 1. The Hall–Kier alpha value is -1.37. The number of benzene rings is 1. The number of pyridine rings is 1. The lowest BCUT2D eigenvalue weighted by atomic mass is 10.1. The fourth-order valence-corrected chi connectivity index (χ4v) is 2.16. The highest BCUT2D eigenvalue weighted by Crippen LogP contribution is 2.16. The molecule has 23 heavy (non-hydrogen) atoms. The van der Waals surface area contributed by atoms with Gasteiger partial charge in [0.05, 0.1) is 12.2 Å². The predicted octanol–water partition coefficient (Wildman–Crippen LogP) is 3.95. The second kappa shape index (κ2) is 9.70. The molecule has 1 unspecified atom stereocenters. The van der Waals surface area contributed by atoms with E-state index in [0.717, 1.165) is 18.2 Å². The first kappa shape index (κ1) is 19.7. The summed E-state index contributed by atoms with van der Waals surface area (Å²) in [4.78, 5) is 9.18. The van der Waals surface area contributed by atoms with E-state index in [-0.39, 0.29) is 24.0 Å². The van der Waals surface area contributed by atoms with Crippen molar-refractivity contribution < 1.29 is 0 Å². The van der Waals surface area contributed by atoms with Gasteiger partial charge in [0, 0.05) is 24.2 Å². The molecule has 2 N–H and O–H groups in total. The van der Waals surface area contributed by atoms with Gasteiger partial charge in [0.15, 0.2) is 5.96 Å². The number of nitrogens with one attached hydrogen (secondary N) is 2. The molecule has 0 spiro atoms. The van der Waals surface area contributed by atoms with Gasteiger partial charge in [-0.05, 0) is 31.2 Å². The maximum Gasteiger partial charge on any atom is 0.191 e. The molecule has 2 aromatic rings. The summed E-state index contributed by atoms with van der Waals surface area (Å²) in [5, 5.41) is 9.12. The number of aromatic nitrogens is 1. The van der Waals surface area contributed by atoms with Crippen LogP contribution in [0.3, 0.4) is 0 Å². The molecule has 0 saturated carbocycles. The van der Waals surface area contributed by atoms with Crippen molar-refractivity contribution in [2.75, 3.05) is 6.54 Å². The molecule has 0 fully saturated rings. The van der Waals surface area contributed by atoms with Gasteiger partial charge in [-0.3, -0.25) is 4.98 Å². The van der Waals surface area contributed by atoms with Crippen molar-refractivity contribution >= 4 is 40.7 Å². The zero-order valence-electron chi connectivity index (χ0n) is 14.3. The average molecular weight is 426 g/mol. The molecule has 5 heteroatoms.